The van der Waals surface area contributed by atoms with Crippen molar-refractivity contribution in [2.45, 2.75) is 18.9 Å². The summed E-state index contributed by atoms with van der Waals surface area (Å²) in [5.74, 6) is -1.36. The van der Waals surface area contributed by atoms with Crippen molar-refractivity contribution in [3.63, 3.8) is 0 Å². The second-order valence-corrected chi connectivity index (χ2v) is 4.31. The average molecular weight is 253 g/mol. The molecule has 18 heavy (non-hydrogen) atoms. The Morgan fingerprint density at radius 2 is 2.44 bits per heavy atom. The maximum Gasteiger partial charge on any atom is 0.257 e. The lowest BCUT2D eigenvalue weighted by molar-refractivity contribution is 0.0266. The van der Waals surface area contributed by atoms with Gasteiger partial charge in [0.2, 0.25) is 0 Å². The number of rotatable bonds is 2. The number of piperidine rings is 1. The van der Waals surface area contributed by atoms with E-state index in [2.05, 4.69) is 4.98 Å². The first-order valence-electron chi connectivity index (χ1n) is 5.85. The minimum absolute atomic E-state index is 0.0185. The van der Waals surface area contributed by atoms with Gasteiger partial charge in [0.1, 0.15) is 0 Å². The van der Waals surface area contributed by atoms with E-state index in [1.807, 2.05) is 0 Å². The normalized spacial score (nSPS) is 19.9. The molecule has 0 saturated carbocycles. The van der Waals surface area contributed by atoms with Crippen LogP contribution in [0.25, 0.3) is 0 Å². The lowest BCUT2D eigenvalue weighted by Crippen LogP contribution is -2.43. The Morgan fingerprint density at radius 3 is 3.17 bits per heavy atom. The largest absolute Gasteiger partial charge is 0.381 e. The van der Waals surface area contributed by atoms with E-state index >= 15 is 0 Å². The van der Waals surface area contributed by atoms with Crippen LogP contribution in [0.15, 0.2) is 12.3 Å². The molecule has 1 saturated heterocycles. The molecule has 0 spiro atoms. The number of ether oxygens (including phenoxy) is 1. The van der Waals surface area contributed by atoms with E-state index in [-0.39, 0.29) is 23.4 Å². The molecule has 1 atom stereocenters. The number of amides is 1. The second kappa shape index (κ2) is 5.30. The van der Waals surface area contributed by atoms with Crippen LogP contribution in [0.3, 0.4) is 0 Å². The van der Waals surface area contributed by atoms with Crippen LogP contribution in [-0.4, -0.2) is 42.1 Å². The standard InChI is InChI=1S/C12H16FN3O2/c1-18-8-3-2-6-16(7-8)12(17)9-4-5-15-11(14)10(9)13/h4-5,8H,2-3,6-7H2,1H3,(H2,14,15). The van der Waals surface area contributed by atoms with Gasteiger partial charge in [-0.25, -0.2) is 9.37 Å². The minimum atomic E-state index is -0.748. The molecule has 0 radical (unpaired) electrons. The molecule has 1 aliphatic heterocycles. The third-order valence-corrected chi connectivity index (χ3v) is 3.15. The van der Waals surface area contributed by atoms with Crippen LogP contribution >= 0.6 is 0 Å². The maximum atomic E-state index is 13.7. The Bertz CT molecular complexity index is 453. The lowest BCUT2D eigenvalue weighted by Gasteiger charge is -2.32. The highest BCUT2D eigenvalue weighted by atomic mass is 19.1. The highest BCUT2D eigenvalue weighted by Gasteiger charge is 2.26. The predicted molar refractivity (Wildman–Crippen MR) is 64.5 cm³/mol. The fourth-order valence-corrected chi connectivity index (χ4v) is 2.11. The van der Waals surface area contributed by atoms with Crippen molar-refractivity contribution in [3.8, 4) is 0 Å². The molecule has 1 aromatic heterocycles. The van der Waals surface area contributed by atoms with Crippen LogP contribution in [0.1, 0.15) is 23.2 Å². The smallest absolute Gasteiger partial charge is 0.257 e. The monoisotopic (exact) mass is 253 g/mol. The van der Waals surface area contributed by atoms with Gasteiger partial charge in [0.05, 0.1) is 11.7 Å². The van der Waals surface area contributed by atoms with Crippen LogP contribution in [-0.2, 0) is 4.74 Å². The van der Waals surface area contributed by atoms with Gasteiger partial charge in [-0.1, -0.05) is 0 Å². The summed E-state index contributed by atoms with van der Waals surface area (Å²) in [6.07, 6.45) is 3.13. The molecule has 1 aromatic rings. The fraction of sp³-hybridized carbons (Fsp3) is 0.500. The Labute approximate surface area is 105 Å². The van der Waals surface area contributed by atoms with Crippen molar-refractivity contribution in [2.24, 2.45) is 0 Å². The molecular weight excluding hydrogens is 237 g/mol. The van der Waals surface area contributed by atoms with E-state index in [0.29, 0.717) is 13.1 Å². The first-order chi connectivity index (χ1) is 8.63. The molecule has 1 unspecified atom stereocenters. The van der Waals surface area contributed by atoms with Gasteiger partial charge in [-0.2, -0.15) is 0 Å². The van der Waals surface area contributed by atoms with Crippen molar-refractivity contribution in [1.82, 2.24) is 9.88 Å². The number of nitrogen functional groups attached to an aromatic ring is 1. The molecular formula is C12H16FN3O2. The van der Waals surface area contributed by atoms with Gasteiger partial charge in [-0.3, -0.25) is 4.79 Å². The number of nitrogens with zero attached hydrogens (tertiary/aromatic N) is 2. The topological polar surface area (TPSA) is 68.5 Å². The van der Waals surface area contributed by atoms with Gasteiger partial charge in [-0.05, 0) is 18.9 Å². The maximum absolute atomic E-state index is 13.7. The van der Waals surface area contributed by atoms with Gasteiger partial charge in [0, 0.05) is 26.4 Å². The SMILES string of the molecule is COC1CCCN(C(=O)c2ccnc(N)c2F)C1. The molecule has 2 heterocycles. The highest BCUT2D eigenvalue weighted by molar-refractivity contribution is 5.95. The molecule has 0 aromatic carbocycles. The van der Waals surface area contributed by atoms with E-state index in [0.717, 1.165) is 12.8 Å². The summed E-state index contributed by atoms with van der Waals surface area (Å²) in [5, 5.41) is 0. The molecule has 5 nitrogen and oxygen atoms in total. The van der Waals surface area contributed by atoms with Gasteiger partial charge in [0.25, 0.3) is 5.91 Å². The Kier molecular flexibility index (Phi) is 3.76. The quantitative estimate of drug-likeness (QED) is 0.855. The number of methoxy groups -OCH3 is 1. The van der Waals surface area contributed by atoms with E-state index in [1.54, 1.807) is 12.0 Å². The number of carbonyl (C=O) groups excluding carboxylic acids is 1. The van der Waals surface area contributed by atoms with Crippen molar-refractivity contribution >= 4 is 11.7 Å². The number of carbonyl (C=O) groups is 1. The number of hydrogen-bond acceptors (Lipinski definition) is 4. The lowest BCUT2D eigenvalue weighted by atomic mass is 10.1. The van der Waals surface area contributed by atoms with Gasteiger partial charge >= 0.3 is 0 Å². The predicted octanol–water partition coefficient (Wildman–Crippen LogP) is 1.05. The summed E-state index contributed by atoms with van der Waals surface area (Å²) in [7, 11) is 1.61. The molecule has 0 bridgehead atoms. The third kappa shape index (κ3) is 2.43. The number of halogens is 1. The third-order valence-electron chi connectivity index (χ3n) is 3.15. The van der Waals surface area contributed by atoms with Crippen LogP contribution < -0.4 is 5.73 Å². The average Bonchev–Trinajstić information content (AvgIpc) is 2.41. The number of hydrogen-bond donors (Lipinski definition) is 1. The van der Waals surface area contributed by atoms with E-state index < -0.39 is 5.82 Å². The molecule has 0 aliphatic carbocycles. The Morgan fingerprint density at radius 1 is 1.67 bits per heavy atom. The summed E-state index contributed by atoms with van der Waals surface area (Å²) in [5.41, 5.74) is 5.33. The van der Waals surface area contributed by atoms with Gasteiger partial charge in [-0.15, -0.1) is 0 Å². The van der Waals surface area contributed by atoms with Crippen LogP contribution in [0.4, 0.5) is 10.2 Å². The number of aromatic nitrogens is 1. The number of nitrogens with two attached hydrogens (primary N) is 1. The van der Waals surface area contributed by atoms with Crippen molar-refractivity contribution < 1.29 is 13.9 Å². The van der Waals surface area contributed by atoms with Gasteiger partial charge in [0.15, 0.2) is 11.6 Å². The number of anilines is 1. The summed E-state index contributed by atoms with van der Waals surface area (Å²) in [4.78, 5) is 17.4. The molecule has 98 valence electrons. The summed E-state index contributed by atoms with van der Waals surface area (Å²) < 4.78 is 19.0. The molecule has 2 rings (SSSR count). The van der Waals surface area contributed by atoms with Gasteiger partial charge < -0.3 is 15.4 Å². The second-order valence-electron chi connectivity index (χ2n) is 4.31. The van der Waals surface area contributed by atoms with E-state index in [9.17, 15) is 9.18 Å². The number of likely N-dealkylation sites (tertiary alicyclic amines) is 1. The van der Waals surface area contributed by atoms with E-state index in [1.165, 1.54) is 12.3 Å². The highest BCUT2D eigenvalue weighted by Crippen LogP contribution is 2.18. The van der Waals surface area contributed by atoms with Crippen molar-refractivity contribution in [1.29, 1.82) is 0 Å². The zero-order valence-corrected chi connectivity index (χ0v) is 10.2. The van der Waals surface area contributed by atoms with Crippen molar-refractivity contribution in [3.05, 3.63) is 23.6 Å². The Hall–Kier alpha value is -1.69. The van der Waals surface area contributed by atoms with Crippen LogP contribution in [0.5, 0.6) is 0 Å². The first-order valence-corrected chi connectivity index (χ1v) is 5.85. The zero-order valence-electron chi connectivity index (χ0n) is 10.2. The van der Waals surface area contributed by atoms with Crippen molar-refractivity contribution in [2.75, 3.05) is 25.9 Å². The Balaban J connectivity index is 2.18. The minimum Gasteiger partial charge on any atom is -0.381 e. The van der Waals surface area contributed by atoms with Crippen LogP contribution in [0, 0.1) is 5.82 Å². The van der Waals surface area contributed by atoms with E-state index in [4.69, 9.17) is 10.5 Å². The molecule has 6 heteroatoms. The zero-order chi connectivity index (χ0) is 13.1. The summed E-state index contributed by atoms with van der Waals surface area (Å²) in [6.45, 7) is 1.09. The molecule has 2 N–H and O–H groups in total. The van der Waals surface area contributed by atoms with Crippen LogP contribution in [0.2, 0.25) is 0 Å². The molecule has 1 aliphatic rings. The number of pyridine rings is 1. The molecule has 1 amide bonds. The summed E-state index contributed by atoms with van der Waals surface area (Å²) >= 11 is 0. The fourth-order valence-electron chi connectivity index (χ4n) is 2.11. The molecule has 1 fully saturated rings. The first kappa shape index (κ1) is 12.8. The summed E-state index contributed by atoms with van der Waals surface area (Å²) in [6, 6.07) is 1.35.